The monoisotopic (exact) mass is 472 g/mol. The van der Waals surface area contributed by atoms with Gasteiger partial charge in [-0.1, -0.05) is 0 Å². The Morgan fingerprint density at radius 2 is 1.31 bits per heavy atom. The summed E-state index contributed by atoms with van der Waals surface area (Å²) in [7, 11) is 0. The third-order valence-corrected chi connectivity index (χ3v) is 5.87. The zero-order valence-corrected chi connectivity index (χ0v) is 18.6. The average molecular weight is 472 g/mol. The second kappa shape index (κ2) is 8.72. The first kappa shape index (κ1) is 21.1. The fourth-order valence-electron chi connectivity index (χ4n) is 4.23. The average Bonchev–Trinajstić information content (AvgIpc) is 3.51. The van der Waals surface area contributed by atoms with E-state index < -0.39 is 11.3 Å². The third-order valence-electron chi connectivity index (χ3n) is 5.87. The lowest BCUT2D eigenvalue weighted by molar-refractivity contribution is 0.281. The molecule has 4 aromatic heterocycles. The molecule has 0 atom stereocenters. The van der Waals surface area contributed by atoms with Crippen LogP contribution in [-0.4, -0.2) is 13.2 Å². The number of furan rings is 2. The number of fused-ring (bicyclic) bond motifs is 4. The van der Waals surface area contributed by atoms with Gasteiger partial charge in [0.1, 0.15) is 16.9 Å². The number of rotatable bonds is 8. The van der Waals surface area contributed by atoms with Gasteiger partial charge in [0.2, 0.25) is 5.75 Å². The maximum atomic E-state index is 11.7. The van der Waals surface area contributed by atoms with Crippen LogP contribution in [0.1, 0.15) is 19.3 Å². The van der Waals surface area contributed by atoms with Crippen LogP contribution in [0.4, 0.5) is 0 Å². The summed E-state index contributed by atoms with van der Waals surface area (Å²) in [6.07, 6.45) is 5.57. The minimum Gasteiger partial charge on any atom is -0.492 e. The molecule has 0 saturated heterocycles. The zero-order chi connectivity index (χ0) is 23.8. The first-order chi connectivity index (χ1) is 17.2. The van der Waals surface area contributed by atoms with Crippen molar-refractivity contribution in [3.63, 3.8) is 0 Å². The van der Waals surface area contributed by atoms with Crippen LogP contribution in [0.25, 0.3) is 43.9 Å². The van der Waals surface area contributed by atoms with Crippen LogP contribution < -0.4 is 20.7 Å². The molecule has 0 fully saturated rings. The predicted octanol–water partition coefficient (Wildman–Crippen LogP) is 6.02. The molecule has 8 heteroatoms. The SMILES string of the molecule is O=c1ccc2c(OCCCCCOc3c4occc4cc4ccc(=O)oc34)c3ccoc3cc2o1. The smallest absolute Gasteiger partial charge is 0.336 e. The van der Waals surface area contributed by atoms with E-state index >= 15 is 0 Å². The fourth-order valence-corrected chi connectivity index (χ4v) is 4.23. The van der Waals surface area contributed by atoms with Crippen LogP contribution >= 0.6 is 0 Å². The number of unbranched alkanes of at least 4 members (excludes halogenated alkanes) is 2. The molecule has 0 amide bonds. The van der Waals surface area contributed by atoms with E-state index in [-0.39, 0.29) is 0 Å². The zero-order valence-electron chi connectivity index (χ0n) is 18.6. The van der Waals surface area contributed by atoms with Crippen LogP contribution in [0.2, 0.25) is 0 Å². The summed E-state index contributed by atoms with van der Waals surface area (Å²) < 4.78 is 33.8. The number of benzene rings is 2. The predicted molar refractivity (Wildman–Crippen MR) is 129 cm³/mol. The van der Waals surface area contributed by atoms with Crippen molar-refractivity contribution < 1.29 is 27.1 Å². The van der Waals surface area contributed by atoms with E-state index in [1.165, 1.54) is 12.1 Å². The summed E-state index contributed by atoms with van der Waals surface area (Å²) in [5, 5.41) is 3.21. The molecule has 176 valence electrons. The quantitative estimate of drug-likeness (QED) is 0.196. The molecule has 35 heavy (non-hydrogen) atoms. The van der Waals surface area contributed by atoms with E-state index in [1.54, 1.807) is 30.7 Å². The van der Waals surface area contributed by atoms with E-state index in [4.69, 9.17) is 27.1 Å². The molecule has 0 radical (unpaired) electrons. The summed E-state index contributed by atoms with van der Waals surface area (Å²) in [5.41, 5.74) is 1.10. The highest BCUT2D eigenvalue weighted by molar-refractivity contribution is 6.01. The molecule has 0 aliphatic heterocycles. The van der Waals surface area contributed by atoms with Crippen LogP contribution in [0.3, 0.4) is 0 Å². The Hall–Kier alpha value is -4.46. The van der Waals surface area contributed by atoms with Gasteiger partial charge in [-0.15, -0.1) is 0 Å². The first-order valence-electron chi connectivity index (χ1n) is 11.3. The third kappa shape index (κ3) is 3.93. The van der Waals surface area contributed by atoms with E-state index in [2.05, 4.69) is 0 Å². The van der Waals surface area contributed by atoms with E-state index in [1.807, 2.05) is 18.2 Å². The molecule has 0 aliphatic rings. The van der Waals surface area contributed by atoms with E-state index in [0.29, 0.717) is 47.0 Å². The summed E-state index contributed by atoms with van der Waals surface area (Å²) in [5.74, 6) is 1.08. The van der Waals surface area contributed by atoms with Gasteiger partial charge >= 0.3 is 11.3 Å². The summed E-state index contributed by atoms with van der Waals surface area (Å²) in [6.45, 7) is 0.906. The molecule has 8 nitrogen and oxygen atoms in total. The van der Waals surface area contributed by atoms with Crippen molar-refractivity contribution in [2.24, 2.45) is 0 Å². The molecule has 2 aromatic carbocycles. The van der Waals surface area contributed by atoms with Crippen LogP contribution in [-0.2, 0) is 0 Å². The molecule has 4 heterocycles. The maximum absolute atomic E-state index is 11.7. The lowest BCUT2D eigenvalue weighted by Crippen LogP contribution is -2.03. The lowest BCUT2D eigenvalue weighted by atomic mass is 10.1. The van der Waals surface area contributed by atoms with Crippen molar-refractivity contribution in [1.82, 2.24) is 0 Å². The Morgan fingerprint density at radius 3 is 2.20 bits per heavy atom. The van der Waals surface area contributed by atoms with Crippen molar-refractivity contribution >= 4 is 43.9 Å². The van der Waals surface area contributed by atoms with Gasteiger partial charge in [-0.3, -0.25) is 0 Å². The Bertz CT molecular complexity index is 1780. The van der Waals surface area contributed by atoms with Gasteiger partial charge in [-0.2, -0.15) is 0 Å². The van der Waals surface area contributed by atoms with Crippen molar-refractivity contribution in [2.45, 2.75) is 19.3 Å². The molecule has 0 N–H and O–H groups in total. The van der Waals surface area contributed by atoms with Crippen LogP contribution in [0, 0.1) is 0 Å². The normalized spacial score (nSPS) is 11.7. The van der Waals surface area contributed by atoms with E-state index in [9.17, 15) is 9.59 Å². The van der Waals surface area contributed by atoms with Gasteiger partial charge in [0, 0.05) is 29.0 Å². The van der Waals surface area contributed by atoms with Crippen LogP contribution in [0.5, 0.6) is 11.5 Å². The Labute approximate surface area is 197 Å². The fraction of sp³-hybridized carbons (Fsp3) is 0.185. The highest BCUT2D eigenvalue weighted by Crippen LogP contribution is 2.36. The van der Waals surface area contributed by atoms with Gasteiger partial charge in [0.15, 0.2) is 11.2 Å². The van der Waals surface area contributed by atoms with Crippen molar-refractivity contribution in [3.8, 4) is 11.5 Å². The van der Waals surface area contributed by atoms with Gasteiger partial charge in [0.05, 0.1) is 36.5 Å². The molecular formula is C27H20O8. The minimum absolute atomic E-state index is 0.384. The molecule has 6 rings (SSSR count). The van der Waals surface area contributed by atoms with Crippen LogP contribution in [0.15, 0.2) is 88.3 Å². The second-order valence-corrected chi connectivity index (χ2v) is 8.18. The minimum atomic E-state index is -0.440. The molecule has 0 bridgehead atoms. The number of ether oxygens (including phenoxy) is 2. The highest BCUT2D eigenvalue weighted by atomic mass is 16.5. The number of hydrogen-bond donors (Lipinski definition) is 0. The van der Waals surface area contributed by atoms with Gasteiger partial charge in [0.25, 0.3) is 0 Å². The Balaban J connectivity index is 1.10. The topological polar surface area (TPSA) is 105 Å². The number of hydrogen-bond acceptors (Lipinski definition) is 8. The molecule has 0 aliphatic carbocycles. The van der Waals surface area contributed by atoms with Crippen molar-refractivity contribution in [2.75, 3.05) is 13.2 Å². The lowest BCUT2D eigenvalue weighted by Gasteiger charge is -2.11. The highest BCUT2D eigenvalue weighted by Gasteiger charge is 2.15. The summed E-state index contributed by atoms with van der Waals surface area (Å²) in [6, 6.07) is 13.5. The molecule has 0 saturated carbocycles. The standard InChI is InChI=1S/C27H20O8/c28-22-7-5-18-21(34-22)15-20-19(9-13-30-20)26(18)31-10-2-1-3-11-32-27-24-17(8-12-33-24)14-16-4-6-23(29)35-25(16)27/h4-9,12-15H,1-3,10-11H2. The Morgan fingerprint density at radius 1 is 0.600 bits per heavy atom. The molecule has 0 spiro atoms. The van der Waals surface area contributed by atoms with Gasteiger partial charge in [-0.25, -0.2) is 9.59 Å². The van der Waals surface area contributed by atoms with Gasteiger partial charge < -0.3 is 27.1 Å². The largest absolute Gasteiger partial charge is 0.492 e. The van der Waals surface area contributed by atoms with Gasteiger partial charge in [-0.05, 0) is 49.6 Å². The van der Waals surface area contributed by atoms with Crippen molar-refractivity contribution in [3.05, 3.63) is 81.9 Å². The van der Waals surface area contributed by atoms with E-state index in [0.717, 1.165) is 40.8 Å². The molecule has 0 unspecified atom stereocenters. The molecule has 6 aromatic rings. The summed E-state index contributed by atoms with van der Waals surface area (Å²) >= 11 is 0. The molecular weight excluding hydrogens is 452 g/mol. The summed E-state index contributed by atoms with van der Waals surface area (Å²) in [4.78, 5) is 23.3. The maximum Gasteiger partial charge on any atom is 0.336 e. The second-order valence-electron chi connectivity index (χ2n) is 8.18. The van der Waals surface area contributed by atoms with Crippen molar-refractivity contribution in [1.29, 1.82) is 0 Å². The first-order valence-corrected chi connectivity index (χ1v) is 11.3. The Kier molecular flexibility index (Phi) is 5.25.